The molecule has 0 aliphatic carbocycles. The highest BCUT2D eigenvalue weighted by molar-refractivity contribution is 5.88. The van der Waals surface area contributed by atoms with Crippen molar-refractivity contribution in [2.24, 2.45) is 5.92 Å². The maximum Gasteiger partial charge on any atom is 0.318 e. The summed E-state index contributed by atoms with van der Waals surface area (Å²) in [5.41, 5.74) is 0.850. The van der Waals surface area contributed by atoms with E-state index in [9.17, 15) is 14.7 Å². The Morgan fingerprint density at radius 3 is 2.35 bits per heavy atom. The van der Waals surface area contributed by atoms with E-state index in [1.807, 2.05) is 42.5 Å². The summed E-state index contributed by atoms with van der Waals surface area (Å²) in [6.07, 6.45) is 4.88. The number of aliphatic carboxylic acids is 2. The number of carboxylic acids is 2. The number of unbranched alkanes of at least 4 members (excludes halogenated alkanes) is 4. The first-order valence-corrected chi connectivity index (χ1v) is 9.02. The fraction of sp³-hybridized carbons (Fsp3) is 0.364. The number of hydrogen-bond acceptors (Lipinski definition) is 2. The van der Waals surface area contributed by atoms with Crippen LogP contribution in [-0.4, -0.2) is 22.2 Å². The van der Waals surface area contributed by atoms with Crippen LogP contribution in [-0.2, 0) is 9.59 Å². The molecule has 2 rings (SSSR count). The van der Waals surface area contributed by atoms with Crippen molar-refractivity contribution in [2.45, 2.75) is 44.9 Å². The number of hydrogen-bond donors (Lipinski definition) is 2. The van der Waals surface area contributed by atoms with Crippen molar-refractivity contribution in [3.63, 3.8) is 0 Å². The molecular formula is C22H24O4. The predicted molar refractivity (Wildman–Crippen MR) is 102 cm³/mol. The second-order valence-corrected chi connectivity index (χ2v) is 6.39. The van der Waals surface area contributed by atoms with Crippen LogP contribution in [0.1, 0.15) is 50.5 Å². The average Bonchev–Trinajstić information content (AvgIpc) is 2.62. The molecule has 0 fully saturated rings. The molecule has 136 valence electrons. The molecule has 0 saturated heterocycles. The zero-order valence-electron chi connectivity index (χ0n) is 14.8. The highest BCUT2D eigenvalue weighted by Gasteiger charge is 2.13. The van der Waals surface area contributed by atoms with E-state index in [4.69, 9.17) is 5.11 Å². The zero-order valence-corrected chi connectivity index (χ0v) is 14.8. The Bertz CT molecular complexity index is 808. The van der Waals surface area contributed by atoms with Crippen molar-refractivity contribution in [3.8, 4) is 11.8 Å². The third-order valence-electron chi connectivity index (χ3n) is 4.35. The number of rotatable bonds is 9. The van der Waals surface area contributed by atoms with Gasteiger partial charge in [0.05, 0.1) is 0 Å². The maximum absolute atomic E-state index is 11.5. The van der Waals surface area contributed by atoms with Crippen molar-refractivity contribution >= 4 is 22.7 Å². The van der Waals surface area contributed by atoms with Crippen molar-refractivity contribution < 1.29 is 19.8 Å². The molecule has 0 aromatic heterocycles. The molecule has 4 heteroatoms. The monoisotopic (exact) mass is 352 g/mol. The Morgan fingerprint density at radius 1 is 0.885 bits per heavy atom. The zero-order chi connectivity index (χ0) is 18.8. The average molecular weight is 352 g/mol. The Kier molecular flexibility index (Phi) is 7.70. The molecule has 0 spiro atoms. The molecule has 0 aliphatic heterocycles. The van der Waals surface area contributed by atoms with Gasteiger partial charge in [0.1, 0.15) is 5.92 Å². The minimum atomic E-state index is -0.886. The Labute approximate surface area is 153 Å². The van der Waals surface area contributed by atoms with Crippen LogP contribution in [0.5, 0.6) is 0 Å². The van der Waals surface area contributed by atoms with Crippen LogP contribution in [0.2, 0.25) is 0 Å². The molecule has 0 bridgehead atoms. The molecule has 0 heterocycles. The maximum atomic E-state index is 11.5. The molecule has 0 amide bonds. The van der Waals surface area contributed by atoms with E-state index in [2.05, 4.69) is 11.8 Å². The van der Waals surface area contributed by atoms with Gasteiger partial charge >= 0.3 is 11.9 Å². The summed E-state index contributed by atoms with van der Waals surface area (Å²) >= 11 is 0. The van der Waals surface area contributed by atoms with E-state index in [-0.39, 0.29) is 6.42 Å². The van der Waals surface area contributed by atoms with E-state index >= 15 is 0 Å². The molecule has 2 aromatic rings. The number of fused-ring (bicyclic) bond motifs is 1. The van der Waals surface area contributed by atoms with Crippen molar-refractivity contribution in [1.29, 1.82) is 0 Å². The second-order valence-electron chi connectivity index (χ2n) is 6.39. The van der Waals surface area contributed by atoms with E-state index in [0.29, 0.717) is 12.8 Å². The predicted octanol–water partition coefficient (Wildman–Crippen LogP) is 4.71. The minimum Gasteiger partial charge on any atom is -0.481 e. The van der Waals surface area contributed by atoms with Crippen molar-refractivity contribution in [1.82, 2.24) is 0 Å². The number of benzene rings is 2. The highest BCUT2D eigenvalue weighted by atomic mass is 16.4. The normalized spacial score (nSPS) is 11.5. The van der Waals surface area contributed by atoms with Crippen molar-refractivity contribution in [3.05, 3.63) is 48.0 Å². The van der Waals surface area contributed by atoms with Gasteiger partial charge in [-0.3, -0.25) is 9.59 Å². The highest BCUT2D eigenvalue weighted by Crippen LogP contribution is 2.18. The number of carbonyl (C=O) groups is 2. The minimum absolute atomic E-state index is 0.203. The van der Waals surface area contributed by atoms with Gasteiger partial charge in [-0.05, 0) is 29.7 Å². The topological polar surface area (TPSA) is 74.6 Å². The van der Waals surface area contributed by atoms with Gasteiger partial charge in [0.2, 0.25) is 0 Å². The lowest BCUT2D eigenvalue weighted by Crippen LogP contribution is -2.11. The third-order valence-corrected chi connectivity index (χ3v) is 4.35. The summed E-state index contributed by atoms with van der Waals surface area (Å²) in [6.45, 7) is 0. The van der Waals surface area contributed by atoms with Crippen LogP contribution in [0, 0.1) is 17.8 Å². The van der Waals surface area contributed by atoms with Gasteiger partial charge in [-0.15, -0.1) is 0 Å². The van der Waals surface area contributed by atoms with Gasteiger partial charge in [0, 0.05) is 12.0 Å². The Hall–Kier alpha value is -2.80. The molecule has 0 radical (unpaired) electrons. The Balaban J connectivity index is 1.90. The van der Waals surface area contributed by atoms with Crippen LogP contribution in [0.3, 0.4) is 0 Å². The van der Waals surface area contributed by atoms with E-state index in [1.54, 1.807) is 0 Å². The van der Waals surface area contributed by atoms with Gasteiger partial charge in [-0.25, -0.2) is 0 Å². The first-order chi connectivity index (χ1) is 12.6. The molecule has 2 aromatic carbocycles. The largest absolute Gasteiger partial charge is 0.481 e. The molecule has 0 saturated carbocycles. The SMILES string of the molecule is O=C(O)CCCCCCCC(C#Cc1cccc2ccccc12)C(=O)O. The van der Waals surface area contributed by atoms with Crippen LogP contribution in [0.4, 0.5) is 0 Å². The smallest absolute Gasteiger partial charge is 0.318 e. The summed E-state index contributed by atoms with van der Waals surface area (Å²) in [5, 5.41) is 20.1. The van der Waals surface area contributed by atoms with Gasteiger partial charge in [-0.1, -0.05) is 73.9 Å². The molecular weight excluding hydrogens is 328 g/mol. The van der Waals surface area contributed by atoms with Gasteiger partial charge < -0.3 is 10.2 Å². The van der Waals surface area contributed by atoms with Crippen molar-refractivity contribution in [2.75, 3.05) is 0 Å². The molecule has 0 aliphatic rings. The summed E-state index contributed by atoms with van der Waals surface area (Å²) in [4.78, 5) is 21.9. The second kappa shape index (κ2) is 10.2. The van der Waals surface area contributed by atoms with E-state index in [0.717, 1.165) is 42.0 Å². The molecule has 2 N–H and O–H groups in total. The van der Waals surface area contributed by atoms with Gasteiger partial charge in [0.25, 0.3) is 0 Å². The summed E-state index contributed by atoms with van der Waals surface area (Å²) in [7, 11) is 0. The lowest BCUT2D eigenvalue weighted by Gasteiger charge is -2.05. The molecule has 26 heavy (non-hydrogen) atoms. The van der Waals surface area contributed by atoms with Gasteiger partial charge in [0.15, 0.2) is 0 Å². The van der Waals surface area contributed by atoms with E-state index < -0.39 is 17.9 Å². The molecule has 1 atom stereocenters. The van der Waals surface area contributed by atoms with Gasteiger partial charge in [-0.2, -0.15) is 0 Å². The fourth-order valence-electron chi connectivity index (χ4n) is 2.91. The lowest BCUT2D eigenvalue weighted by molar-refractivity contribution is -0.140. The summed E-state index contributed by atoms with van der Waals surface area (Å²) in [5.74, 6) is 3.64. The summed E-state index contributed by atoms with van der Waals surface area (Å²) in [6, 6.07) is 13.8. The van der Waals surface area contributed by atoms with Crippen LogP contribution < -0.4 is 0 Å². The van der Waals surface area contributed by atoms with Crippen LogP contribution >= 0.6 is 0 Å². The Morgan fingerprint density at radius 2 is 1.58 bits per heavy atom. The lowest BCUT2D eigenvalue weighted by atomic mass is 9.99. The standard InChI is InChI=1S/C22H24O4/c23-21(24)14-5-3-1-2-4-10-19(22(25)26)16-15-18-12-8-11-17-9-6-7-13-20(17)18/h6-9,11-13,19H,1-5,10,14H2,(H,23,24)(H,25,26). The quantitative estimate of drug-likeness (QED) is 0.506. The molecule has 1 unspecified atom stereocenters. The third kappa shape index (κ3) is 6.25. The number of carboxylic acid groups (broad SMARTS) is 2. The van der Waals surface area contributed by atoms with E-state index in [1.165, 1.54) is 0 Å². The van der Waals surface area contributed by atoms with Crippen LogP contribution in [0.15, 0.2) is 42.5 Å². The fourth-order valence-corrected chi connectivity index (χ4v) is 2.91. The first-order valence-electron chi connectivity index (χ1n) is 9.02. The molecule has 4 nitrogen and oxygen atoms in total. The first kappa shape index (κ1) is 19.5. The van der Waals surface area contributed by atoms with Crippen LogP contribution in [0.25, 0.3) is 10.8 Å². The summed E-state index contributed by atoms with van der Waals surface area (Å²) < 4.78 is 0.